The van der Waals surface area contributed by atoms with Crippen LogP contribution in [0.25, 0.3) is 10.9 Å². The predicted octanol–water partition coefficient (Wildman–Crippen LogP) is 3.43. The number of nitrogens with zero attached hydrogens (tertiary/aromatic N) is 1. The van der Waals surface area contributed by atoms with Crippen molar-refractivity contribution in [2.24, 2.45) is 5.84 Å². The maximum Gasteiger partial charge on any atom is 0.152 e. The molecular formula is C12H12BrF2N3. The van der Waals surface area contributed by atoms with Gasteiger partial charge in [0.25, 0.3) is 0 Å². The lowest BCUT2D eigenvalue weighted by Gasteiger charge is -2.14. The summed E-state index contributed by atoms with van der Waals surface area (Å²) in [4.78, 5) is 4.24. The molecule has 2 aromatic rings. The van der Waals surface area contributed by atoms with E-state index in [1.165, 1.54) is 0 Å². The summed E-state index contributed by atoms with van der Waals surface area (Å²) in [6.07, 6.45) is 0.644. The minimum atomic E-state index is -0.697. The molecule has 0 aliphatic rings. The second kappa shape index (κ2) is 4.78. The number of hydrogen-bond donors (Lipinski definition) is 2. The number of fused-ring (bicyclic) bond motifs is 1. The van der Waals surface area contributed by atoms with E-state index in [1.54, 1.807) is 0 Å². The molecule has 1 aromatic heterocycles. The number of nitrogen functional groups attached to an aromatic ring is 1. The summed E-state index contributed by atoms with van der Waals surface area (Å²) >= 11 is 3.11. The molecule has 3 nitrogen and oxygen atoms in total. The molecular weight excluding hydrogens is 304 g/mol. The Kier molecular flexibility index (Phi) is 3.49. The SMILES string of the molecule is CCc1nc2c(F)cc(F)c(Br)c2c(NN)c1C. The van der Waals surface area contributed by atoms with Crippen molar-refractivity contribution in [1.82, 2.24) is 4.98 Å². The Labute approximate surface area is 111 Å². The van der Waals surface area contributed by atoms with E-state index >= 15 is 0 Å². The molecule has 0 aliphatic carbocycles. The largest absolute Gasteiger partial charge is 0.323 e. The van der Waals surface area contributed by atoms with Crippen LogP contribution in [0.5, 0.6) is 0 Å². The van der Waals surface area contributed by atoms with Crippen LogP contribution in [0.1, 0.15) is 18.2 Å². The smallest absolute Gasteiger partial charge is 0.152 e. The van der Waals surface area contributed by atoms with Crippen LogP contribution in [0, 0.1) is 18.6 Å². The van der Waals surface area contributed by atoms with Crippen LogP contribution in [0.3, 0.4) is 0 Å². The molecule has 0 saturated carbocycles. The Hall–Kier alpha value is -1.27. The van der Waals surface area contributed by atoms with Crippen LogP contribution in [0.15, 0.2) is 10.5 Å². The Bertz CT molecular complexity index is 629. The standard InChI is InChI=1S/C12H12BrF2N3/c1-3-8-5(2)11(18-16)9-10(13)6(14)4-7(15)12(9)17-8/h4H,3,16H2,1-2H3,(H,17,18). The zero-order chi connectivity index (χ0) is 13.4. The number of aryl methyl sites for hydroxylation is 1. The second-order valence-corrected chi connectivity index (χ2v) is 4.73. The van der Waals surface area contributed by atoms with Crippen LogP contribution >= 0.6 is 15.9 Å². The van der Waals surface area contributed by atoms with Crippen LogP contribution in [-0.2, 0) is 6.42 Å². The number of hydrogen-bond acceptors (Lipinski definition) is 3. The maximum absolute atomic E-state index is 13.8. The monoisotopic (exact) mass is 315 g/mol. The lowest BCUT2D eigenvalue weighted by atomic mass is 10.1. The van der Waals surface area contributed by atoms with Gasteiger partial charge < -0.3 is 5.43 Å². The summed E-state index contributed by atoms with van der Waals surface area (Å²) < 4.78 is 27.5. The Morgan fingerprint density at radius 3 is 2.61 bits per heavy atom. The number of benzene rings is 1. The fourth-order valence-electron chi connectivity index (χ4n) is 2.00. The molecule has 0 spiro atoms. The van der Waals surface area contributed by atoms with Crippen molar-refractivity contribution in [3.05, 3.63) is 33.4 Å². The topological polar surface area (TPSA) is 50.9 Å². The average molecular weight is 316 g/mol. The first-order valence-corrected chi connectivity index (χ1v) is 6.23. The van der Waals surface area contributed by atoms with Crippen LogP contribution in [0.2, 0.25) is 0 Å². The number of nitrogens with two attached hydrogens (primary N) is 1. The Morgan fingerprint density at radius 2 is 2.06 bits per heavy atom. The van der Waals surface area contributed by atoms with Crippen LogP contribution in [-0.4, -0.2) is 4.98 Å². The highest BCUT2D eigenvalue weighted by atomic mass is 79.9. The third-order valence-electron chi connectivity index (χ3n) is 2.93. The average Bonchev–Trinajstić information content (AvgIpc) is 2.35. The highest BCUT2D eigenvalue weighted by molar-refractivity contribution is 9.10. The van der Waals surface area contributed by atoms with Crippen LogP contribution < -0.4 is 11.3 Å². The van der Waals surface area contributed by atoms with Gasteiger partial charge in [0.2, 0.25) is 0 Å². The first-order chi connectivity index (χ1) is 8.51. The first-order valence-electron chi connectivity index (χ1n) is 5.44. The summed E-state index contributed by atoms with van der Waals surface area (Å²) in [5, 5.41) is 0.324. The van der Waals surface area contributed by atoms with Gasteiger partial charge in [-0.2, -0.15) is 0 Å². The summed E-state index contributed by atoms with van der Waals surface area (Å²) in [7, 11) is 0. The van der Waals surface area contributed by atoms with E-state index < -0.39 is 11.6 Å². The molecule has 96 valence electrons. The first kappa shape index (κ1) is 13.2. The number of rotatable bonds is 2. The van der Waals surface area contributed by atoms with E-state index in [9.17, 15) is 8.78 Å². The van der Waals surface area contributed by atoms with E-state index in [2.05, 4.69) is 26.3 Å². The fourth-order valence-corrected chi connectivity index (χ4v) is 2.50. The summed E-state index contributed by atoms with van der Waals surface area (Å²) in [5.74, 6) is 4.09. The molecule has 18 heavy (non-hydrogen) atoms. The molecule has 1 aromatic carbocycles. The van der Waals surface area contributed by atoms with E-state index in [0.717, 1.165) is 17.3 Å². The highest BCUT2D eigenvalue weighted by Crippen LogP contribution is 2.36. The number of aromatic nitrogens is 1. The van der Waals surface area contributed by atoms with E-state index in [-0.39, 0.29) is 9.99 Å². The van der Waals surface area contributed by atoms with Gasteiger partial charge in [0.05, 0.1) is 10.2 Å². The molecule has 0 atom stereocenters. The van der Waals surface area contributed by atoms with Gasteiger partial charge in [0.15, 0.2) is 5.82 Å². The minimum absolute atomic E-state index is 0.110. The van der Waals surface area contributed by atoms with Crippen molar-refractivity contribution in [3.63, 3.8) is 0 Å². The van der Waals surface area contributed by atoms with Gasteiger partial charge >= 0.3 is 0 Å². The zero-order valence-electron chi connectivity index (χ0n) is 9.94. The van der Waals surface area contributed by atoms with Gasteiger partial charge in [-0.05, 0) is 34.8 Å². The zero-order valence-corrected chi connectivity index (χ0v) is 11.5. The van der Waals surface area contributed by atoms with Gasteiger partial charge in [0, 0.05) is 17.1 Å². The lowest BCUT2D eigenvalue weighted by molar-refractivity contribution is 0.586. The molecule has 0 saturated heterocycles. The van der Waals surface area contributed by atoms with Gasteiger partial charge in [-0.15, -0.1) is 0 Å². The van der Waals surface area contributed by atoms with Crippen molar-refractivity contribution in [2.45, 2.75) is 20.3 Å². The van der Waals surface area contributed by atoms with Crippen molar-refractivity contribution >= 4 is 32.5 Å². The number of nitrogens with one attached hydrogen (secondary N) is 1. The molecule has 6 heteroatoms. The maximum atomic E-state index is 13.8. The summed E-state index contributed by atoms with van der Waals surface area (Å²) in [6.45, 7) is 3.73. The van der Waals surface area contributed by atoms with E-state index in [1.807, 2.05) is 13.8 Å². The highest BCUT2D eigenvalue weighted by Gasteiger charge is 2.18. The molecule has 0 aliphatic heterocycles. The lowest BCUT2D eigenvalue weighted by Crippen LogP contribution is -2.12. The van der Waals surface area contributed by atoms with Crippen molar-refractivity contribution in [3.8, 4) is 0 Å². The molecule has 3 N–H and O–H groups in total. The third kappa shape index (κ3) is 1.85. The minimum Gasteiger partial charge on any atom is -0.323 e. The van der Waals surface area contributed by atoms with E-state index in [4.69, 9.17) is 5.84 Å². The summed E-state index contributed by atoms with van der Waals surface area (Å²) in [5.41, 5.74) is 4.62. The number of hydrazine groups is 1. The predicted molar refractivity (Wildman–Crippen MR) is 71.3 cm³/mol. The molecule has 0 radical (unpaired) electrons. The van der Waals surface area contributed by atoms with E-state index in [0.29, 0.717) is 17.5 Å². The molecule has 0 fully saturated rings. The van der Waals surface area contributed by atoms with Gasteiger partial charge in [-0.25, -0.2) is 13.8 Å². The third-order valence-corrected chi connectivity index (χ3v) is 3.70. The second-order valence-electron chi connectivity index (χ2n) is 3.93. The Morgan fingerprint density at radius 1 is 1.39 bits per heavy atom. The van der Waals surface area contributed by atoms with Gasteiger partial charge in [-0.3, -0.25) is 5.84 Å². The van der Waals surface area contributed by atoms with Crippen molar-refractivity contribution in [2.75, 3.05) is 5.43 Å². The fraction of sp³-hybridized carbons (Fsp3) is 0.250. The summed E-state index contributed by atoms with van der Waals surface area (Å²) in [6, 6.07) is 0.814. The Balaban J connectivity index is 3.02. The molecule has 2 rings (SSSR count). The quantitative estimate of drug-likeness (QED) is 0.507. The molecule has 0 amide bonds. The van der Waals surface area contributed by atoms with Crippen molar-refractivity contribution in [1.29, 1.82) is 0 Å². The molecule has 0 unspecified atom stereocenters. The molecule has 1 heterocycles. The number of anilines is 1. The van der Waals surface area contributed by atoms with Gasteiger partial charge in [-0.1, -0.05) is 6.92 Å². The normalized spacial score (nSPS) is 11.0. The van der Waals surface area contributed by atoms with Gasteiger partial charge in [0.1, 0.15) is 11.3 Å². The van der Waals surface area contributed by atoms with Crippen LogP contribution in [0.4, 0.5) is 14.5 Å². The van der Waals surface area contributed by atoms with Crippen molar-refractivity contribution < 1.29 is 8.78 Å². The number of halogens is 3. The molecule has 0 bridgehead atoms. The number of pyridine rings is 1.